The van der Waals surface area contributed by atoms with E-state index < -0.39 is 0 Å². The molecule has 1 amide bonds. The highest BCUT2D eigenvalue weighted by Gasteiger charge is 2.20. The number of para-hydroxylation sites is 1. The van der Waals surface area contributed by atoms with Crippen molar-refractivity contribution in [2.75, 3.05) is 33.1 Å². The largest absolute Gasteiger partial charge is 0.490 e. The van der Waals surface area contributed by atoms with Gasteiger partial charge < -0.3 is 14.4 Å². The second-order valence-electron chi connectivity index (χ2n) is 6.77. The van der Waals surface area contributed by atoms with Crippen LogP contribution in [-0.2, 0) is 4.79 Å². The highest BCUT2D eigenvalue weighted by Crippen LogP contribution is 2.35. The molecule has 0 radical (unpaired) electrons. The Morgan fingerprint density at radius 1 is 1.07 bits per heavy atom. The summed E-state index contributed by atoms with van der Waals surface area (Å²) < 4.78 is 13.5. The molecule has 0 N–H and O–H groups in total. The number of ether oxygens (including phenoxy) is 2. The van der Waals surface area contributed by atoms with Crippen molar-refractivity contribution in [2.24, 2.45) is 0 Å². The topological polar surface area (TPSA) is 69.5 Å². The summed E-state index contributed by atoms with van der Waals surface area (Å²) >= 11 is 1.37. The summed E-state index contributed by atoms with van der Waals surface area (Å²) in [6.07, 6.45) is 0.852. The number of hydrogen-bond donors (Lipinski definition) is 0. The zero-order valence-electron chi connectivity index (χ0n) is 16.4. The van der Waals surface area contributed by atoms with Crippen LogP contribution in [0.4, 0.5) is 0 Å². The first-order chi connectivity index (χ1) is 14.1. The van der Waals surface area contributed by atoms with Crippen molar-refractivity contribution in [3.8, 4) is 28.6 Å². The highest BCUT2D eigenvalue weighted by atomic mass is 32.2. The third-order valence-electron chi connectivity index (χ3n) is 4.48. The van der Waals surface area contributed by atoms with Crippen molar-refractivity contribution < 1.29 is 14.3 Å². The molecule has 2 heterocycles. The normalized spacial score (nSPS) is 13.0. The minimum Gasteiger partial charge on any atom is -0.490 e. The number of hydrogen-bond acceptors (Lipinski definition) is 6. The van der Waals surface area contributed by atoms with Gasteiger partial charge in [0.25, 0.3) is 0 Å². The predicted octanol–water partition coefficient (Wildman–Crippen LogP) is 3.28. The van der Waals surface area contributed by atoms with Crippen molar-refractivity contribution in [1.82, 2.24) is 19.7 Å². The van der Waals surface area contributed by atoms with Crippen LogP contribution in [0.2, 0.25) is 0 Å². The number of thioether (sulfide) groups is 1. The first-order valence-electron chi connectivity index (χ1n) is 9.37. The third-order valence-corrected chi connectivity index (χ3v) is 5.39. The third kappa shape index (κ3) is 4.22. The van der Waals surface area contributed by atoms with Crippen LogP contribution in [-0.4, -0.2) is 58.6 Å². The zero-order chi connectivity index (χ0) is 20.2. The highest BCUT2D eigenvalue weighted by molar-refractivity contribution is 7.99. The fraction of sp³-hybridized carbons (Fsp3) is 0.286. The summed E-state index contributed by atoms with van der Waals surface area (Å²) in [6.45, 7) is 1.27. The van der Waals surface area contributed by atoms with E-state index in [2.05, 4.69) is 10.2 Å². The predicted molar refractivity (Wildman–Crippen MR) is 112 cm³/mol. The standard InChI is InChI=1S/C21H22N4O3S/c1-24(2)19(26)14-29-21-23-22-20(25(21)16-7-4-3-5-8-16)15-9-10-17-18(13-15)28-12-6-11-27-17/h3-5,7-10,13H,6,11-12,14H2,1-2H3. The Balaban J connectivity index is 1.74. The van der Waals surface area contributed by atoms with E-state index in [0.29, 0.717) is 35.7 Å². The Labute approximate surface area is 173 Å². The number of amides is 1. The van der Waals surface area contributed by atoms with Crippen LogP contribution in [0.15, 0.2) is 53.7 Å². The minimum absolute atomic E-state index is 0.0229. The average molecular weight is 410 g/mol. The van der Waals surface area contributed by atoms with E-state index in [4.69, 9.17) is 9.47 Å². The second-order valence-corrected chi connectivity index (χ2v) is 7.71. The molecular formula is C21H22N4O3S. The maximum Gasteiger partial charge on any atom is 0.232 e. The second kappa shape index (κ2) is 8.57. The molecule has 4 rings (SSSR count). The fourth-order valence-corrected chi connectivity index (χ4v) is 3.85. The van der Waals surface area contributed by atoms with Gasteiger partial charge in [0.2, 0.25) is 5.91 Å². The first kappa shape index (κ1) is 19.3. The molecule has 1 aliphatic rings. The van der Waals surface area contributed by atoms with Gasteiger partial charge in [-0.2, -0.15) is 0 Å². The van der Waals surface area contributed by atoms with E-state index in [1.807, 2.05) is 53.1 Å². The van der Waals surface area contributed by atoms with Crippen LogP contribution in [0, 0.1) is 0 Å². The van der Waals surface area contributed by atoms with Crippen molar-refractivity contribution in [1.29, 1.82) is 0 Å². The molecule has 1 aromatic heterocycles. The van der Waals surface area contributed by atoms with E-state index in [-0.39, 0.29) is 5.91 Å². The van der Waals surface area contributed by atoms with Gasteiger partial charge >= 0.3 is 0 Å². The molecule has 0 saturated carbocycles. The van der Waals surface area contributed by atoms with Crippen LogP contribution in [0.25, 0.3) is 17.1 Å². The molecule has 0 fully saturated rings. The van der Waals surface area contributed by atoms with Gasteiger partial charge in [0.05, 0.1) is 19.0 Å². The van der Waals surface area contributed by atoms with Gasteiger partial charge in [-0.25, -0.2) is 0 Å². The molecule has 0 bridgehead atoms. The van der Waals surface area contributed by atoms with Crippen molar-refractivity contribution >= 4 is 17.7 Å². The Bertz CT molecular complexity index is 1000. The number of carbonyl (C=O) groups is 1. The SMILES string of the molecule is CN(C)C(=O)CSc1nnc(-c2ccc3c(c2)OCCCO3)n1-c1ccccc1. The number of rotatable bonds is 5. The molecule has 29 heavy (non-hydrogen) atoms. The van der Waals surface area contributed by atoms with E-state index in [1.165, 1.54) is 11.8 Å². The summed E-state index contributed by atoms with van der Waals surface area (Å²) in [5.41, 5.74) is 1.80. The van der Waals surface area contributed by atoms with Crippen molar-refractivity contribution in [3.63, 3.8) is 0 Å². The summed E-state index contributed by atoms with van der Waals surface area (Å²) in [5, 5.41) is 9.45. The van der Waals surface area contributed by atoms with Crippen LogP contribution in [0.3, 0.4) is 0 Å². The van der Waals surface area contributed by atoms with Crippen LogP contribution in [0.5, 0.6) is 11.5 Å². The number of aromatic nitrogens is 3. The minimum atomic E-state index is 0.0229. The maximum atomic E-state index is 12.1. The summed E-state index contributed by atoms with van der Waals surface area (Å²) in [4.78, 5) is 13.6. The maximum absolute atomic E-state index is 12.1. The molecule has 150 valence electrons. The van der Waals surface area contributed by atoms with Crippen LogP contribution < -0.4 is 9.47 Å². The van der Waals surface area contributed by atoms with Gasteiger partial charge in [-0.05, 0) is 30.3 Å². The van der Waals surface area contributed by atoms with Crippen molar-refractivity contribution in [3.05, 3.63) is 48.5 Å². The van der Waals surface area contributed by atoms with Crippen LogP contribution in [0.1, 0.15) is 6.42 Å². The zero-order valence-corrected chi connectivity index (χ0v) is 17.2. The Morgan fingerprint density at radius 3 is 2.59 bits per heavy atom. The van der Waals surface area contributed by atoms with Gasteiger partial charge in [-0.15, -0.1) is 10.2 Å². The lowest BCUT2D eigenvalue weighted by molar-refractivity contribution is -0.125. The lowest BCUT2D eigenvalue weighted by atomic mass is 10.2. The lowest BCUT2D eigenvalue weighted by Gasteiger charge is -2.13. The molecule has 1 aliphatic heterocycles. The van der Waals surface area contributed by atoms with Crippen molar-refractivity contribution in [2.45, 2.75) is 11.6 Å². The molecule has 0 saturated heterocycles. The summed E-state index contributed by atoms with van der Waals surface area (Å²) in [7, 11) is 3.49. The van der Waals surface area contributed by atoms with Crippen LogP contribution >= 0.6 is 11.8 Å². The molecular weight excluding hydrogens is 388 g/mol. The molecule has 3 aromatic rings. The van der Waals surface area contributed by atoms with Gasteiger partial charge in [-0.3, -0.25) is 9.36 Å². The molecule has 0 unspecified atom stereocenters. The molecule has 0 aliphatic carbocycles. The Hall–Kier alpha value is -3.00. The van der Waals surface area contributed by atoms with E-state index >= 15 is 0 Å². The number of nitrogens with zero attached hydrogens (tertiary/aromatic N) is 4. The molecule has 7 nitrogen and oxygen atoms in total. The average Bonchev–Trinajstić information content (AvgIpc) is 3.02. The Kier molecular flexibility index (Phi) is 5.71. The Morgan fingerprint density at radius 2 is 1.83 bits per heavy atom. The van der Waals surface area contributed by atoms with Gasteiger partial charge in [0, 0.05) is 31.8 Å². The van der Waals surface area contributed by atoms with Gasteiger partial charge in [0.1, 0.15) is 0 Å². The number of benzene rings is 2. The van der Waals surface area contributed by atoms with E-state index in [9.17, 15) is 4.79 Å². The fourth-order valence-electron chi connectivity index (χ4n) is 2.92. The van der Waals surface area contributed by atoms with Gasteiger partial charge in [0.15, 0.2) is 22.5 Å². The lowest BCUT2D eigenvalue weighted by Crippen LogP contribution is -2.23. The van der Waals surface area contributed by atoms with Gasteiger partial charge in [-0.1, -0.05) is 30.0 Å². The molecule has 0 spiro atoms. The number of fused-ring (bicyclic) bond motifs is 1. The monoisotopic (exact) mass is 410 g/mol. The molecule has 0 atom stereocenters. The number of carbonyl (C=O) groups excluding carboxylic acids is 1. The van der Waals surface area contributed by atoms with E-state index in [0.717, 1.165) is 23.4 Å². The molecule has 8 heteroatoms. The smallest absolute Gasteiger partial charge is 0.232 e. The summed E-state index contributed by atoms with van der Waals surface area (Å²) in [6, 6.07) is 15.7. The van der Waals surface area contributed by atoms with E-state index in [1.54, 1.807) is 19.0 Å². The quantitative estimate of drug-likeness (QED) is 0.602. The summed E-state index contributed by atoms with van der Waals surface area (Å²) in [5.74, 6) is 2.45. The first-order valence-corrected chi connectivity index (χ1v) is 10.4. The molecule has 2 aromatic carbocycles.